The van der Waals surface area contributed by atoms with E-state index < -0.39 is 0 Å². The summed E-state index contributed by atoms with van der Waals surface area (Å²) in [6.07, 6.45) is 8.39. The second kappa shape index (κ2) is 9.05. The number of unbranched alkanes of at least 4 members (excludes halogenated alkanes) is 2. The van der Waals surface area contributed by atoms with E-state index in [1.165, 1.54) is 19.3 Å². The SMILES string of the molecule is C=C=C[C@@H](CCCCC)[C@@H](O)CCC. The van der Waals surface area contributed by atoms with Crippen molar-refractivity contribution in [2.24, 2.45) is 5.92 Å². The summed E-state index contributed by atoms with van der Waals surface area (Å²) in [5, 5.41) is 9.84. The van der Waals surface area contributed by atoms with Gasteiger partial charge in [0.1, 0.15) is 0 Å². The molecule has 1 heteroatoms. The molecule has 2 atom stereocenters. The van der Waals surface area contributed by atoms with Crippen LogP contribution in [0.15, 0.2) is 18.4 Å². The van der Waals surface area contributed by atoms with Crippen molar-refractivity contribution in [3.63, 3.8) is 0 Å². The molecule has 0 saturated heterocycles. The molecule has 0 unspecified atom stereocenters. The molecule has 0 aromatic rings. The van der Waals surface area contributed by atoms with E-state index in [0.29, 0.717) is 0 Å². The van der Waals surface area contributed by atoms with Gasteiger partial charge in [-0.15, -0.1) is 5.73 Å². The number of hydrogen-bond acceptors (Lipinski definition) is 1. The lowest BCUT2D eigenvalue weighted by molar-refractivity contribution is 0.114. The van der Waals surface area contributed by atoms with Gasteiger partial charge >= 0.3 is 0 Å². The van der Waals surface area contributed by atoms with E-state index in [4.69, 9.17) is 0 Å². The molecule has 0 fully saturated rings. The van der Waals surface area contributed by atoms with E-state index in [1.54, 1.807) is 0 Å². The van der Waals surface area contributed by atoms with Gasteiger partial charge in [-0.2, -0.15) is 0 Å². The van der Waals surface area contributed by atoms with Crippen LogP contribution in [-0.4, -0.2) is 11.2 Å². The first-order valence-corrected chi connectivity index (χ1v) is 5.80. The molecule has 1 N–H and O–H groups in total. The first kappa shape index (κ1) is 13.5. The Kier molecular flexibility index (Phi) is 8.72. The van der Waals surface area contributed by atoms with Crippen LogP contribution in [0, 0.1) is 5.92 Å². The van der Waals surface area contributed by atoms with Gasteiger partial charge in [0.05, 0.1) is 6.10 Å². The zero-order valence-electron chi connectivity index (χ0n) is 9.63. The fourth-order valence-electron chi connectivity index (χ4n) is 1.68. The Hall–Kier alpha value is -0.520. The second-order valence-electron chi connectivity index (χ2n) is 3.89. The summed E-state index contributed by atoms with van der Waals surface area (Å²) < 4.78 is 0. The lowest BCUT2D eigenvalue weighted by Crippen LogP contribution is -2.18. The van der Waals surface area contributed by atoms with Crippen LogP contribution in [-0.2, 0) is 0 Å². The van der Waals surface area contributed by atoms with Crippen LogP contribution in [0.2, 0.25) is 0 Å². The van der Waals surface area contributed by atoms with E-state index in [1.807, 2.05) is 6.08 Å². The normalized spacial score (nSPS) is 14.5. The van der Waals surface area contributed by atoms with Crippen LogP contribution >= 0.6 is 0 Å². The summed E-state index contributed by atoms with van der Waals surface area (Å²) in [6, 6.07) is 0. The van der Waals surface area contributed by atoms with Gasteiger partial charge in [-0.05, 0) is 18.9 Å². The molecule has 1 nitrogen and oxygen atoms in total. The molecule has 0 amide bonds. The summed E-state index contributed by atoms with van der Waals surface area (Å²) in [5.41, 5.74) is 2.80. The molecule has 0 bridgehead atoms. The molecule has 0 aliphatic heterocycles. The van der Waals surface area contributed by atoms with Crippen molar-refractivity contribution in [3.05, 3.63) is 18.4 Å². The van der Waals surface area contributed by atoms with Crippen LogP contribution in [0.3, 0.4) is 0 Å². The number of rotatable bonds is 8. The Labute approximate surface area is 88.5 Å². The Morgan fingerprint density at radius 1 is 1.21 bits per heavy atom. The van der Waals surface area contributed by atoms with Gasteiger partial charge in [-0.3, -0.25) is 0 Å². The first-order valence-electron chi connectivity index (χ1n) is 5.80. The van der Waals surface area contributed by atoms with Crippen LogP contribution in [0.4, 0.5) is 0 Å². The van der Waals surface area contributed by atoms with Crippen molar-refractivity contribution in [1.29, 1.82) is 0 Å². The summed E-state index contributed by atoms with van der Waals surface area (Å²) in [4.78, 5) is 0. The van der Waals surface area contributed by atoms with E-state index in [-0.39, 0.29) is 12.0 Å². The lowest BCUT2D eigenvalue weighted by Gasteiger charge is -2.18. The number of aliphatic hydroxyl groups excluding tert-OH is 1. The number of aliphatic hydroxyl groups is 1. The van der Waals surface area contributed by atoms with Crippen molar-refractivity contribution in [3.8, 4) is 0 Å². The summed E-state index contributed by atoms with van der Waals surface area (Å²) >= 11 is 0. The third-order valence-corrected chi connectivity index (χ3v) is 2.55. The maximum Gasteiger partial charge on any atom is 0.0608 e. The molecular weight excluding hydrogens is 172 g/mol. The van der Waals surface area contributed by atoms with Crippen molar-refractivity contribution in [2.45, 2.75) is 58.5 Å². The molecule has 14 heavy (non-hydrogen) atoms. The summed E-state index contributed by atoms with van der Waals surface area (Å²) in [6.45, 7) is 7.88. The maximum absolute atomic E-state index is 9.84. The topological polar surface area (TPSA) is 20.2 Å². The predicted octanol–water partition coefficient (Wildman–Crippen LogP) is 3.69. The van der Waals surface area contributed by atoms with Crippen LogP contribution in [0.5, 0.6) is 0 Å². The summed E-state index contributed by atoms with van der Waals surface area (Å²) in [7, 11) is 0. The van der Waals surface area contributed by atoms with E-state index in [0.717, 1.165) is 19.3 Å². The molecule has 0 spiro atoms. The van der Waals surface area contributed by atoms with E-state index in [2.05, 4.69) is 26.2 Å². The highest BCUT2D eigenvalue weighted by molar-refractivity contribution is 4.88. The van der Waals surface area contributed by atoms with E-state index in [9.17, 15) is 5.11 Å². The first-order chi connectivity index (χ1) is 6.76. The molecule has 0 heterocycles. The van der Waals surface area contributed by atoms with Gasteiger partial charge in [0, 0.05) is 5.92 Å². The van der Waals surface area contributed by atoms with Crippen LogP contribution in [0.1, 0.15) is 52.4 Å². The molecule has 0 radical (unpaired) electrons. The zero-order chi connectivity index (χ0) is 10.8. The predicted molar refractivity (Wildman–Crippen MR) is 62.3 cm³/mol. The Balaban J connectivity index is 3.93. The van der Waals surface area contributed by atoms with Gasteiger partial charge in [0.15, 0.2) is 0 Å². The van der Waals surface area contributed by atoms with E-state index >= 15 is 0 Å². The fourth-order valence-corrected chi connectivity index (χ4v) is 1.68. The second-order valence-corrected chi connectivity index (χ2v) is 3.89. The summed E-state index contributed by atoms with van der Waals surface area (Å²) in [5.74, 6) is 0.263. The Bertz CT molecular complexity index is 168. The average molecular weight is 196 g/mol. The van der Waals surface area contributed by atoms with Crippen LogP contribution < -0.4 is 0 Å². The highest BCUT2D eigenvalue weighted by atomic mass is 16.3. The van der Waals surface area contributed by atoms with Gasteiger partial charge in [0.2, 0.25) is 0 Å². The van der Waals surface area contributed by atoms with Gasteiger partial charge in [-0.25, -0.2) is 0 Å². The quantitative estimate of drug-likeness (QED) is 0.464. The third-order valence-electron chi connectivity index (χ3n) is 2.55. The van der Waals surface area contributed by atoms with Gasteiger partial charge in [0.25, 0.3) is 0 Å². The Morgan fingerprint density at radius 2 is 1.93 bits per heavy atom. The minimum Gasteiger partial charge on any atom is -0.392 e. The third kappa shape index (κ3) is 6.01. The smallest absolute Gasteiger partial charge is 0.0608 e. The highest BCUT2D eigenvalue weighted by Crippen LogP contribution is 2.18. The standard InChI is InChI=1S/C13H24O/c1-4-7-8-11-12(9-5-2)13(14)10-6-3/h9,12-14H,2,4,6-8,10-11H2,1,3H3/t12-,13-/m0/s1. The Morgan fingerprint density at radius 3 is 2.43 bits per heavy atom. The molecule has 0 rings (SSSR count). The fraction of sp³-hybridized carbons (Fsp3) is 0.769. The minimum atomic E-state index is -0.203. The highest BCUT2D eigenvalue weighted by Gasteiger charge is 2.14. The molecule has 0 aromatic carbocycles. The molecule has 82 valence electrons. The molecule has 0 aliphatic carbocycles. The monoisotopic (exact) mass is 196 g/mol. The van der Waals surface area contributed by atoms with Crippen molar-refractivity contribution >= 4 is 0 Å². The molecule has 0 aliphatic rings. The van der Waals surface area contributed by atoms with Gasteiger partial charge < -0.3 is 5.11 Å². The van der Waals surface area contributed by atoms with Crippen molar-refractivity contribution in [2.75, 3.05) is 0 Å². The van der Waals surface area contributed by atoms with Crippen LogP contribution in [0.25, 0.3) is 0 Å². The van der Waals surface area contributed by atoms with Crippen molar-refractivity contribution < 1.29 is 5.11 Å². The average Bonchev–Trinajstić information content (AvgIpc) is 2.17. The molecule has 0 saturated carbocycles. The molecular formula is C13H24O. The number of hydrogen-bond donors (Lipinski definition) is 1. The minimum absolute atomic E-state index is 0.203. The molecule has 0 aromatic heterocycles. The largest absolute Gasteiger partial charge is 0.392 e. The zero-order valence-corrected chi connectivity index (χ0v) is 9.63. The lowest BCUT2D eigenvalue weighted by atomic mass is 9.93. The van der Waals surface area contributed by atoms with Crippen molar-refractivity contribution in [1.82, 2.24) is 0 Å². The maximum atomic E-state index is 9.84. The van der Waals surface area contributed by atoms with Gasteiger partial charge in [-0.1, -0.05) is 46.1 Å².